The Bertz CT molecular complexity index is 1130. The van der Waals surface area contributed by atoms with Crippen molar-refractivity contribution in [1.82, 2.24) is 9.97 Å². The van der Waals surface area contributed by atoms with Gasteiger partial charge in [0.2, 0.25) is 0 Å². The summed E-state index contributed by atoms with van der Waals surface area (Å²) in [5, 5.41) is 0. The van der Waals surface area contributed by atoms with Crippen LogP contribution in [0.25, 0.3) is 0 Å². The van der Waals surface area contributed by atoms with E-state index in [4.69, 9.17) is 4.74 Å². The third kappa shape index (κ3) is 4.27. The number of nitrogens with zero attached hydrogens (tertiary/aromatic N) is 2. The van der Waals surface area contributed by atoms with Crippen molar-refractivity contribution >= 4 is 22.0 Å². The molecule has 1 aliphatic rings. The van der Waals surface area contributed by atoms with Crippen LogP contribution in [0.1, 0.15) is 33.6 Å². The summed E-state index contributed by atoms with van der Waals surface area (Å²) in [6.07, 6.45) is 7.90. The number of carbonyl (C=O) groups is 1. The van der Waals surface area contributed by atoms with Gasteiger partial charge in [0.05, 0.1) is 11.4 Å². The number of aromatic nitrogens is 2. The molecule has 0 amide bonds. The number of carbonyl (C=O) groups excluding carboxylic acids is 1. The maximum Gasteiger partial charge on any atom is 0.263 e. The molecule has 0 fully saturated rings. The van der Waals surface area contributed by atoms with Gasteiger partial charge < -0.3 is 4.74 Å². The minimum absolute atomic E-state index is 0.0811. The molecule has 148 valence electrons. The molecular formula is C21H19N3O4S. The quantitative estimate of drug-likeness (QED) is 0.602. The standard InChI is InChI=1S/C21H19N3O4S/c25-13-15-6-7-18(23-11-15)14-28-21-10-17-4-1-3-16(17)9-20(21)24-29(26,27)19-5-2-8-22-12-19/h2,5-13,24H,1,3-4,14H2. The summed E-state index contributed by atoms with van der Waals surface area (Å²) in [6.45, 7) is 0.152. The molecule has 0 saturated heterocycles. The van der Waals surface area contributed by atoms with Crippen LogP contribution in [0.15, 0.2) is 59.9 Å². The second-order valence-electron chi connectivity index (χ2n) is 6.75. The maximum atomic E-state index is 12.7. The predicted octanol–water partition coefficient (Wildman–Crippen LogP) is 3.16. The zero-order valence-electron chi connectivity index (χ0n) is 15.5. The van der Waals surface area contributed by atoms with E-state index in [2.05, 4.69) is 14.7 Å². The SMILES string of the molecule is O=Cc1ccc(COc2cc3c(cc2NS(=O)(=O)c2cccnc2)CCC3)nc1. The molecular weight excluding hydrogens is 390 g/mol. The Morgan fingerprint density at radius 2 is 1.93 bits per heavy atom. The molecule has 1 N–H and O–H groups in total. The normalized spacial score (nSPS) is 13.0. The van der Waals surface area contributed by atoms with E-state index in [1.807, 2.05) is 12.1 Å². The summed E-state index contributed by atoms with van der Waals surface area (Å²) in [7, 11) is -3.79. The van der Waals surface area contributed by atoms with E-state index in [9.17, 15) is 13.2 Å². The van der Waals surface area contributed by atoms with Crippen LogP contribution >= 0.6 is 0 Å². The van der Waals surface area contributed by atoms with Gasteiger partial charge in [0.25, 0.3) is 10.0 Å². The Morgan fingerprint density at radius 3 is 2.62 bits per heavy atom. The first-order valence-electron chi connectivity index (χ1n) is 9.17. The van der Waals surface area contributed by atoms with Crippen molar-refractivity contribution in [2.24, 2.45) is 0 Å². The van der Waals surface area contributed by atoms with Gasteiger partial charge in [-0.25, -0.2) is 8.42 Å². The number of aryl methyl sites for hydroxylation is 2. The average Bonchev–Trinajstić information content (AvgIpc) is 3.20. The van der Waals surface area contributed by atoms with E-state index in [1.54, 1.807) is 18.2 Å². The first-order valence-corrected chi connectivity index (χ1v) is 10.6. The molecule has 29 heavy (non-hydrogen) atoms. The predicted molar refractivity (Wildman–Crippen MR) is 107 cm³/mol. The lowest BCUT2D eigenvalue weighted by Gasteiger charge is -2.16. The zero-order valence-corrected chi connectivity index (χ0v) is 16.4. The van der Waals surface area contributed by atoms with Crippen LogP contribution in [0.2, 0.25) is 0 Å². The lowest BCUT2D eigenvalue weighted by molar-refractivity contribution is 0.112. The van der Waals surface area contributed by atoms with Gasteiger partial charge >= 0.3 is 0 Å². The second-order valence-corrected chi connectivity index (χ2v) is 8.44. The van der Waals surface area contributed by atoms with Crippen LogP contribution in [0, 0.1) is 0 Å². The van der Waals surface area contributed by atoms with E-state index in [1.165, 1.54) is 24.7 Å². The first-order chi connectivity index (χ1) is 14.0. The van der Waals surface area contributed by atoms with Gasteiger partial charge in [-0.3, -0.25) is 19.5 Å². The number of hydrogen-bond donors (Lipinski definition) is 1. The zero-order chi connectivity index (χ0) is 20.3. The van der Waals surface area contributed by atoms with Crippen molar-refractivity contribution in [1.29, 1.82) is 0 Å². The molecule has 1 aliphatic carbocycles. The van der Waals surface area contributed by atoms with Gasteiger partial charge in [-0.1, -0.05) is 0 Å². The monoisotopic (exact) mass is 409 g/mol. The van der Waals surface area contributed by atoms with Gasteiger partial charge in [0, 0.05) is 24.2 Å². The Hall–Kier alpha value is -3.26. The van der Waals surface area contributed by atoms with Crippen LogP contribution in [0.3, 0.4) is 0 Å². The van der Waals surface area contributed by atoms with Crippen molar-refractivity contribution in [3.63, 3.8) is 0 Å². The molecule has 0 unspecified atom stereocenters. The Balaban J connectivity index is 1.61. The number of sulfonamides is 1. The number of fused-ring (bicyclic) bond motifs is 1. The lowest BCUT2D eigenvalue weighted by atomic mass is 10.1. The molecule has 0 spiro atoms. The number of anilines is 1. The van der Waals surface area contributed by atoms with Crippen LogP contribution in [-0.2, 0) is 29.5 Å². The maximum absolute atomic E-state index is 12.7. The molecule has 7 nitrogen and oxygen atoms in total. The molecule has 1 aromatic carbocycles. The fraction of sp³-hybridized carbons (Fsp3) is 0.190. The molecule has 3 aromatic rings. The molecule has 2 aromatic heterocycles. The fourth-order valence-electron chi connectivity index (χ4n) is 3.25. The number of nitrogens with one attached hydrogen (secondary N) is 1. The van der Waals surface area contributed by atoms with Gasteiger partial charge in [0.15, 0.2) is 6.29 Å². The third-order valence-corrected chi connectivity index (χ3v) is 6.09. The summed E-state index contributed by atoms with van der Waals surface area (Å²) < 4.78 is 34.0. The van der Waals surface area contributed by atoms with Crippen molar-refractivity contribution in [2.45, 2.75) is 30.8 Å². The fourth-order valence-corrected chi connectivity index (χ4v) is 4.28. The highest BCUT2D eigenvalue weighted by molar-refractivity contribution is 7.92. The van der Waals surface area contributed by atoms with Gasteiger partial charge in [0.1, 0.15) is 17.3 Å². The molecule has 0 radical (unpaired) electrons. The molecule has 2 heterocycles. The number of hydrogen-bond acceptors (Lipinski definition) is 6. The average molecular weight is 409 g/mol. The van der Waals surface area contributed by atoms with Crippen LogP contribution in [-0.4, -0.2) is 24.7 Å². The van der Waals surface area contributed by atoms with Crippen molar-refractivity contribution in [3.05, 3.63) is 77.4 Å². The summed E-state index contributed by atoms with van der Waals surface area (Å²) >= 11 is 0. The minimum Gasteiger partial charge on any atom is -0.485 e. The van der Waals surface area contributed by atoms with E-state index in [0.717, 1.165) is 36.7 Å². The molecule has 0 aliphatic heterocycles. The number of aldehydes is 1. The molecule has 4 rings (SSSR count). The molecule has 0 bridgehead atoms. The van der Waals surface area contributed by atoms with E-state index < -0.39 is 10.0 Å². The Kier molecular flexibility index (Phi) is 5.26. The van der Waals surface area contributed by atoms with Gasteiger partial charge in [-0.05, 0) is 66.8 Å². The van der Waals surface area contributed by atoms with Crippen LogP contribution in [0.4, 0.5) is 5.69 Å². The second kappa shape index (κ2) is 8.00. The molecule has 8 heteroatoms. The van der Waals surface area contributed by atoms with E-state index in [0.29, 0.717) is 22.7 Å². The highest BCUT2D eigenvalue weighted by Crippen LogP contribution is 2.35. The number of benzene rings is 1. The summed E-state index contributed by atoms with van der Waals surface area (Å²) in [5.74, 6) is 0.444. The first kappa shape index (κ1) is 19.1. The Morgan fingerprint density at radius 1 is 1.10 bits per heavy atom. The molecule has 0 saturated carbocycles. The third-order valence-electron chi connectivity index (χ3n) is 4.74. The van der Waals surface area contributed by atoms with Gasteiger partial charge in [-0.15, -0.1) is 0 Å². The van der Waals surface area contributed by atoms with Crippen LogP contribution in [0.5, 0.6) is 5.75 Å². The largest absolute Gasteiger partial charge is 0.485 e. The van der Waals surface area contributed by atoms with E-state index in [-0.39, 0.29) is 11.5 Å². The van der Waals surface area contributed by atoms with Gasteiger partial charge in [-0.2, -0.15) is 0 Å². The Labute approximate surface area is 168 Å². The molecule has 0 atom stereocenters. The minimum atomic E-state index is -3.79. The van der Waals surface area contributed by atoms with Crippen molar-refractivity contribution in [2.75, 3.05) is 4.72 Å². The smallest absolute Gasteiger partial charge is 0.263 e. The number of rotatable bonds is 7. The number of pyridine rings is 2. The van der Waals surface area contributed by atoms with E-state index >= 15 is 0 Å². The lowest BCUT2D eigenvalue weighted by Crippen LogP contribution is -2.14. The van der Waals surface area contributed by atoms with Crippen molar-refractivity contribution < 1.29 is 17.9 Å². The summed E-state index contributed by atoms with van der Waals surface area (Å²) in [4.78, 5) is 18.9. The summed E-state index contributed by atoms with van der Waals surface area (Å²) in [5.41, 5.74) is 3.79. The summed E-state index contributed by atoms with van der Waals surface area (Å²) in [6, 6.07) is 10.2. The highest BCUT2D eigenvalue weighted by atomic mass is 32.2. The number of ether oxygens (including phenoxy) is 1. The van der Waals surface area contributed by atoms with Crippen molar-refractivity contribution in [3.8, 4) is 5.75 Å². The topological polar surface area (TPSA) is 98.2 Å². The highest BCUT2D eigenvalue weighted by Gasteiger charge is 2.21. The van der Waals surface area contributed by atoms with Crippen LogP contribution < -0.4 is 9.46 Å².